The molecule has 0 spiro atoms. The molecule has 1 heterocycles. The fourth-order valence-corrected chi connectivity index (χ4v) is 1.45. The number of ether oxygens (including phenoxy) is 1. The van der Waals surface area contributed by atoms with E-state index in [-0.39, 0.29) is 0 Å². The van der Waals surface area contributed by atoms with Gasteiger partial charge in [-0.2, -0.15) is 5.10 Å². The molecule has 5 nitrogen and oxygen atoms in total. The molecule has 0 radical (unpaired) electrons. The molecule has 0 aliphatic heterocycles. The van der Waals surface area contributed by atoms with Crippen LogP contribution in [0.4, 0.5) is 0 Å². The van der Waals surface area contributed by atoms with E-state index in [1.807, 2.05) is 6.92 Å². The minimum absolute atomic E-state index is 0.342. The SMILES string of the molecule is CCOC(=O)C(N)c1cn(C)nc1CC. The number of aromatic nitrogens is 2. The van der Waals surface area contributed by atoms with Crippen molar-refractivity contribution in [1.29, 1.82) is 0 Å². The molecule has 0 aliphatic rings. The molecule has 1 aromatic heterocycles. The van der Waals surface area contributed by atoms with Gasteiger partial charge in [0.1, 0.15) is 6.04 Å². The fourth-order valence-electron chi connectivity index (χ4n) is 1.45. The Morgan fingerprint density at radius 3 is 2.87 bits per heavy atom. The van der Waals surface area contributed by atoms with E-state index >= 15 is 0 Å². The molecule has 15 heavy (non-hydrogen) atoms. The molecule has 1 unspecified atom stereocenters. The highest BCUT2D eigenvalue weighted by molar-refractivity contribution is 5.77. The van der Waals surface area contributed by atoms with Gasteiger partial charge in [-0.3, -0.25) is 4.68 Å². The molecule has 0 aromatic carbocycles. The standard InChI is InChI=1S/C10H17N3O2/c1-4-8-7(6-13(3)12-8)9(11)10(14)15-5-2/h6,9H,4-5,11H2,1-3H3. The number of aryl methyl sites for hydroxylation is 2. The van der Waals surface area contributed by atoms with Crippen molar-refractivity contribution in [3.8, 4) is 0 Å². The summed E-state index contributed by atoms with van der Waals surface area (Å²) in [7, 11) is 1.81. The van der Waals surface area contributed by atoms with Crippen LogP contribution >= 0.6 is 0 Å². The second-order valence-corrected chi connectivity index (χ2v) is 3.29. The Labute approximate surface area is 89.2 Å². The minimum atomic E-state index is -0.728. The fraction of sp³-hybridized carbons (Fsp3) is 0.600. The third kappa shape index (κ3) is 2.56. The van der Waals surface area contributed by atoms with Crippen LogP contribution in [0.25, 0.3) is 0 Å². The van der Waals surface area contributed by atoms with Crippen molar-refractivity contribution in [2.45, 2.75) is 26.3 Å². The molecule has 0 fully saturated rings. The quantitative estimate of drug-likeness (QED) is 0.738. The average Bonchev–Trinajstić information content (AvgIpc) is 2.58. The first-order valence-electron chi connectivity index (χ1n) is 5.04. The number of nitrogens with two attached hydrogens (primary N) is 1. The normalized spacial score (nSPS) is 12.5. The second-order valence-electron chi connectivity index (χ2n) is 3.29. The number of esters is 1. The number of rotatable bonds is 4. The molecule has 0 saturated carbocycles. The first kappa shape index (κ1) is 11.7. The van der Waals surface area contributed by atoms with Crippen molar-refractivity contribution in [2.24, 2.45) is 12.8 Å². The monoisotopic (exact) mass is 211 g/mol. The van der Waals surface area contributed by atoms with E-state index in [0.717, 1.165) is 17.7 Å². The summed E-state index contributed by atoms with van der Waals surface area (Å²) in [6, 6.07) is -0.728. The lowest BCUT2D eigenvalue weighted by Crippen LogP contribution is -2.24. The van der Waals surface area contributed by atoms with Crippen molar-refractivity contribution in [1.82, 2.24) is 9.78 Å². The molecular weight excluding hydrogens is 194 g/mol. The summed E-state index contributed by atoms with van der Waals surface area (Å²) >= 11 is 0. The van der Waals surface area contributed by atoms with Gasteiger partial charge in [0.05, 0.1) is 12.3 Å². The molecular formula is C10H17N3O2. The number of hydrogen-bond acceptors (Lipinski definition) is 4. The zero-order chi connectivity index (χ0) is 11.4. The van der Waals surface area contributed by atoms with Crippen LogP contribution < -0.4 is 5.73 Å². The zero-order valence-corrected chi connectivity index (χ0v) is 9.36. The van der Waals surface area contributed by atoms with Gasteiger partial charge in [-0.25, -0.2) is 4.79 Å². The highest BCUT2D eigenvalue weighted by Gasteiger charge is 2.21. The molecule has 1 rings (SSSR count). The number of nitrogens with zero attached hydrogens (tertiary/aromatic N) is 2. The summed E-state index contributed by atoms with van der Waals surface area (Å²) in [5.74, 6) is -0.403. The summed E-state index contributed by atoms with van der Waals surface area (Å²) in [5, 5.41) is 4.22. The average molecular weight is 211 g/mol. The van der Waals surface area contributed by atoms with Gasteiger partial charge in [0.2, 0.25) is 0 Å². The van der Waals surface area contributed by atoms with Crippen LogP contribution in [0.5, 0.6) is 0 Å². The maximum absolute atomic E-state index is 11.4. The summed E-state index contributed by atoms with van der Waals surface area (Å²) in [6.45, 7) is 4.08. The van der Waals surface area contributed by atoms with Gasteiger partial charge < -0.3 is 10.5 Å². The molecule has 5 heteroatoms. The van der Waals surface area contributed by atoms with Crippen LogP contribution in [0.1, 0.15) is 31.1 Å². The van der Waals surface area contributed by atoms with Crippen LogP contribution in [-0.4, -0.2) is 22.4 Å². The highest BCUT2D eigenvalue weighted by Crippen LogP contribution is 2.16. The number of carbonyl (C=O) groups is 1. The van der Waals surface area contributed by atoms with Gasteiger partial charge in [-0.1, -0.05) is 6.92 Å². The Kier molecular flexibility index (Phi) is 3.85. The van der Waals surface area contributed by atoms with Crippen molar-refractivity contribution in [2.75, 3.05) is 6.61 Å². The van der Waals surface area contributed by atoms with Crippen LogP contribution in [0, 0.1) is 0 Å². The molecule has 2 N–H and O–H groups in total. The number of hydrogen-bond donors (Lipinski definition) is 1. The van der Waals surface area contributed by atoms with Crippen molar-refractivity contribution in [3.05, 3.63) is 17.5 Å². The Hall–Kier alpha value is -1.36. The number of carbonyl (C=O) groups excluding carboxylic acids is 1. The van der Waals surface area contributed by atoms with Crippen LogP contribution in [0.3, 0.4) is 0 Å². The highest BCUT2D eigenvalue weighted by atomic mass is 16.5. The molecule has 0 bridgehead atoms. The lowest BCUT2D eigenvalue weighted by molar-refractivity contribution is -0.144. The maximum Gasteiger partial charge on any atom is 0.327 e. The van der Waals surface area contributed by atoms with E-state index in [0.29, 0.717) is 6.61 Å². The molecule has 0 aliphatic carbocycles. The molecule has 0 amide bonds. The molecule has 84 valence electrons. The Morgan fingerprint density at radius 1 is 1.67 bits per heavy atom. The topological polar surface area (TPSA) is 70.1 Å². The van der Waals surface area contributed by atoms with E-state index in [4.69, 9.17) is 10.5 Å². The van der Waals surface area contributed by atoms with E-state index in [1.54, 1.807) is 24.9 Å². The summed E-state index contributed by atoms with van der Waals surface area (Å²) < 4.78 is 6.53. The largest absolute Gasteiger partial charge is 0.465 e. The molecule has 1 aromatic rings. The van der Waals surface area contributed by atoms with Crippen LogP contribution in [-0.2, 0) is 23.0 Å². The van der Waals surface area contributed by atoms with E-state index in [1.165, 1.54) is 0 Å². The predicted octanol–water partition coefficient (Wildman–Crippen LogP) is 0.545. The second kappa shape index (κ2) is 4.93. The van der Waals surface area contributed by atoms with Crippen molar-refractivity contribution in [3.63, 3.8) is 0 Å². The van der Waals surface area contributed by atoms with Crippen molar-refractivity contribution >= 4 is 5.97 Å². The lowest BCUT2D eigenvalue weighted by Gasteiger charge is -2.09. The van der Waals surface area contributed by atoms with Crippen molar-refractivity contribution < 1.29 is 9.53 Å². The van der Waals surface area contributed by atoms with Crippen LogP contribution in [0.15, 0.2) is 6.20 Å². The third-order valence-corrected chi connectivity index (χ3v) is 2.15. The van der Waals surface area contributed by atoms with Crippen LogP contribution in [0.2, 0.25) is 0 Å². The Morgan fingerprint density at radius 2 is 2.33 bits per heavy atom. The minimum Gasteiger partial charge on any atom is -0.465 e. The smallest absolute Gasteiger partial charge is 0.327 e. The van der Waals surface area contributed by atoms with Gasteiger partial charge in [0, 0.05) is 18.8 Å². The van der Waals surface area contributed by atoms with E-state index in [9.17, 15) is 4.79 Å². The predicted molar refractivity (Wildman–Crippen MR) is 56.1 cm³/mol. The summed E-state index contributed by atoms with van der Waals surface area (Å²) in [4.78, 5) is 11.4. The van der Waals surface area contributed by atoms with Gasteiger partial charge in [0.25, 0.3) is 0 Å². The summed E-state index contributed by atoms with van der Waals surface area (Å²) in [5.41, 5.74) is 7.38. The third-order valence-electron chi connectivity index (χ3n) is 2.15. The Bertz CT molecular complexity index is 346. The first-order chi connectivity index (χ1) is 7.10. The van der Waals surface area contributed by atoms with E-state index < -0.39 is 12.0 Å². The maximum atomic E-state index is 11.4. The molecule has 0 saturated heterocycles. The molecule has 1 atom stereocenters. The van der Waals surface area contributed by atoms with Gasteiger partial charge in [0.15, 0.2) is 0 Å². The van der Waals surface area contributed by atoms with Gasteiger partial charge in [-0.15, -0.1) is 0 Å². The van der Waals surface area contributed by atoms with Gasteiger partial charge >= 0.3 is 5.97 Å². The summed E-state index contributed by atoms with van der Waals surface area (Å²) in [6.07, 6.45) is 2.52. The first-order valence-corrected chi connectivity index (χ1v) is 5.04. The van der Waals surface area contributed by atoms with E-state index in [2.05, 4.69) is 5.10 Å². The lowest BCUT2D eigenvalue weighted by atomic mass is 10.1. The Balaban J connectivity index is 2.89. The zero-order valence-electron chi connectivity index (χ0n) is 9.36. The van der Waals surface area contributed by atoms with Gasteiger partial charge in [-0.05, 0) is 13.3 Å².